The number of halogens is 1. The summed E-state index contributed by atoms with van der Waals surface area (Å²) < 4.78 is 14.0. The van der Waals surface area contributed by atoms with Gasteiger partial charge in [0.1, 0.15) is 5.82 Å². The zero-order valence-corrected chi connectivity index (χ0v) is 12.3. The third-order valence-corrected chi connectivity index (χ3v) is 4.22. The van der Waals surface area contributed by atoms with Crippen molar-refractivity contribution in [3.63, 3.8) is 0 Å². The predicted octanol–water partition coefficient (Wildman–Crippen LogP) is 3.54. The van der Waals surface area contributed by atoms with Crippen molar-refractivity contribution >= 4 is 5.69 Å². The van der Waals surface area contributed by atoms with Crippen molar-refractivity contribution in [1.29, 1.82) is 0 Å². The van der Waals surface area contributed by atoms with Crippen molar-refractivity contribution in [2.45, 2.75) is 19.4 Å². The van der Waals surface area contributed by atoms with Crippen LogP contribution in [0.25, 0.3) is 0 Å². The van der Waals surface area contributed by atoms with Gasteiger partial charge in [0, 0.05) is 32.1 Å². The SMILES string of the molecule is CCN(CC1CNCc2ccccc21)c1ccccc1F. The van der Waals surface area contributed by atoms with E-state index in [9.17, 15) is 4.39 Å². The number of para-hydroxylation sites is 1. The normalized spacial score (nSPS) is 17.3. The Kier molecular flexibility index (Phi) is 4.20. The molecule has 3 heteroatoms. The predicted molar refractivity (Wildman–Crippen MR) is 85.2 cm³/mol. The smallest absolute Gasteiger partial charge is 0.146 e. The van der Waals surface area contributed by atoms with Gasteiger partial charge in [0.25, 0.3) is 0 Å². The van der Waals surface area contributed by atoms with Gasteiger partial charge in [-0.15, -0.1) is 0 Å². The van der Waals surface area contributed by atoms with Crippen LogP contribution in [-0.4, -0.2) is 19.6 Å². The standard InChI is InChI=1S/C18H21FN2/c1-2-21(18-10-6-5-9-17(18)19)13-15-12-20-11-14-7-3-4-8-16(14)15/h3-10,15,20H,2,11-13H2,1H3. The van der Waals surface area contributed by atoms with E-state index in [2.05, 4.69) is 41.4 Å². The summed E-state index contributed by atoms with van der Waals surface area (Å²) in [7, 11) is 0. The number of hydrogen-bond donors (Lipinski definition) is 1. The quantitative estimate of drug-likeness (QED) is 0.924. The van der Waals surface area contributed by atoms with Crippen LogP contribution in [0.5, 0.6) is 0 Å². The molecule has 110 valence electrons. The van der Waals surface area contributed by atoms with Gasteiger partial charge in [-0.1, -0.05) is 36.4 Å². The van der Waals surface area contributed by atoms with Crippen LogP contribution in [0, 0.1) is 5.82 Å². The molecule has 0 saturated carbocycles. The number of hydrogen-bond acceptors (Lipinski definition) is 2. The van der Waals surface area contributed by atoms with E-state index in [-0.39, 0.29) is 5.82 Å². The fraction of sp³-hybridized carbons (Fsp3) is 0.333. The summed E-state index contributed by atoms with van der Waals surface area (Å²) in [5, 5.41) is 3.47. The molecule has 0 amide bonds. The van der Waals surface area contributed by atoms with Crippen LogP contribution in [0.2, 0.25) is 0 Å². The van der Waals surface area contributed by atoms with Gasteiger partial charge >= 0.3 is 0 Å². The second-order valence-corrected chi connectivity index (χ2v) is 5.52. The zero-order chi connectivity index (χ0) is 14.7. The maximum atomic E-state index is 14.0. The lowest BCUT2D eigenvalue weighted by Gasteiger charge is -2.32. The monoisotopic (exact) mass is 284 g/mol. The summed E-state index contributed by atoms with van der Waals surface area (Å²) >= 11 is 0. The summed E-state index contributed by atoms with van der Waals surface area (Å²) in [6, 6.07) is 15.6. The third kappa shape index (κ3) is 2.93. The van der Waals surface area contributed by atoms with E-state index in [0.717, 1.165) is 26.2 Å². The highest BCUT2D eigenvalue weighted by molar-refractivity contribution is 5.48. The van der Waals surface area contributed by atoms with Crippen LogP contribution in [0.15, 0.2) is 48.5 Å². The Morgan fingerprint density at radius 2 is 1.90 bits per heavy atom. The number of likely N-dealkylation sites (N-methyl/N-ethyl adjacent to an activating group) is 1. The average molecular weight is 284 g/mol. The van der Waals surface area contributed by atoms with Gasteiger partial charge < -0.3 is 10.2 Å². The van der Waals surface area contributed by atoms with Crippen molar-refractivity contribution in [3.05, 3.63) is 65.5 Å². The summed E-state index contributed by atoms with van der Waals surface area (Å²) in [6.45, 7) is 5.59. The van der Waals surface area contributed by atoms with E-state index in [1.54, 1.807) is 6.07 Å². The van der Waals surface area contributed by atoms with Crippen molar-refractivity contribution in [2.24, 2.45) is 0 Å². The molecule has 0 aliphatic carbocycles. The Balaban J connectivity index is 1.84. The molecule has 1 aliphatic rings. The van der Waals surface area contributed by atoms with E-state index < -0.39 is 0 Å². The average Bonchev–Trinajstić information content (AvgIpc) is 2.53. The van der Waals surface area contributed by atoms with E-state index in [0.29, 0.717) is 11.6 Å². The molecule has 1 N–H and O–H groups in total. The van der Waals surface area contributed by atoms with Crippen LogP contribution in [0.1, 0.15) is 24.0 Å². The lowest BCUT2D eigenvalue weighted by atomic mass is 9.90. The molecule has 0 spiro atoms. The van der Waals surface area contributed by atoms with Crippen LogP contribution < -0.4 is 10.2 Å². The first kappa shape index (κ1) is 14.1. The van der Waals surface area contributed by atoms with Crippen molar-refractivity contribution in [3.8, 4) is 0 Å². The molecule has 1 atom stereocenters. The Morgan fingerprint density at radius 1 is 1.14 bits per heavy atom. The maximum Gasteiger partial charge on any atom is 0.146 e. The topological polar surface area (TPSA) is 15.3 Å². The number of anilines is 1. The zero-order valence-electron chi connectivity index (χ0n) is 12.3. The molecule has 1 aliphatic heterocycles. The Labute approximate surface area is 125 Å². The van der Waals surface area contributed by atoms with Crippen LogP contribution in [0.4, 0.5) is 10.1 Å². The van der Waals surface area contributed by atoms with E-state index >= 15 is 0 Å². The molecule has 0 bridgehead atoms. The third-order valence-electron chi connectivity index (χ3n) is 4.22. The number of nitrogens with one attached hydrogen (secondary N) is 1. The fourth-order valence-electron chi connectivity index (χ4n) is 3.12. The minimum atomic E-state index is -0.142. The first-order valence-electron chi connectivity index (χ1n) is 7.57. The molecule has 0 radical (unpaired) electrons. The van der Waals surface area contributed by atoms with Gasteiger partial charge in [-0.2, -0.15) is 0 Å². The molecule has 3 rings (SSSR count). The Bertz CT molecular complexity index is 612. The summed E-state index contributed by atoms with van der Waals surface area (Å²) in [5.41, 5.74) is 3.45. The number of benzene rings is 2. The number of fused-ring (bicyclic) bond motifs is 1. The first-order valence-corrected chi connectivity index (χ1v) is 7.57. The fourth-order valence-corrected chi connectivity index (χ4v) is 3.12. The second kappa shape index (κ2) is 6.27. The van der Waals surface area contributed by atoms with Gasteiger partial charge in [-0.25, -0.2) is 4.39 Å². The molecule has 0 fully saturated rings. The van der Waals surface area contributed by atoms with E-state index in [4.69, 9.17) is 0 Å². The highest BCUT2D eigenvalue weighted by Gasteiger charge is 2.22. The second-order valence-electron chi connectivity index (χ2n) is 5.52. The van der Waals surface area contributed by atoms with Crippen molar-refractivity contribution < 1.29 is 4.39 Å². The molecule has 2 aromatic rings. The summed E-state index contributed by atoms with van der Waals surface area (Å²) in [6.07, 6.45) is 0. The van der Waals surface area contributed by atoms with E-state index in [1.807, 2.05) is 12.1 Å². The highest BCUT2D eigenvalue weighted by Crippen LogP contribution is 2.27. The van der Waals surface area contributed by atoms with Gasteiger partial charge in [-0.05, 0) is 30.2 Å². The first-order chi connectivity index (χ1) is 10.3. The van der Waals surface area contributed by atoms with Gasteiger partial charge in [0.05, 0.1) is 5.69 Å². The minimum Gasteiger partial charge on any atom is -0.369 e. The maximum absolute atomic E-state index is 14.0. The van der Waals surface area contributed by atoms with Gasteiger partial charge in [0.2, 0.25) is 0 Å². The highest BCUT2D eigenvalue weighted by atomic mass is 19.1. The summed E-state index contributed by atoms with van der Waals surface area (Å²) in [4.78, 5) is 2.13. The lowest BCUT2D eigenvalue weighted by Crippen LogP contribution is -2.37. The van der Waals surface area contributed by atoms with Crippen molar-refractivity contribution in [2.75, 3.05) is 24.5 Å². The lowest BCUT2D eigenvalue weighted by molar-refractivity contribution is 0.528. The molecule has 21 heavy (non-hydrogen) atoms. The molecular weight excluding hydrogens is 263 g/mol. The molecule has 1 unspecified atom stereocenters. The molecular formula is C18H21FN2. The Hall–Kier alpha value is -1.87. The Morgan fingerprint density at radius 3 is 2.71 bits per heavy atom. The van der Waals surface area contributed by atoms with Crippen LogP contribution in [0.3, 0.4) is 0 Å². The largest absolute Gasteiger partial charge is 0.369 e. The van der Waals surface area contributed by atoms with Crippen molar-refractivity contribution in [1.82, 2.24) is 5.32 Å². The minimum absolute atomic E-state index is 0.142. The number of nitrogens with zero attached hydrogens (tertiary/aromatic N) is 1. The van der Waals surface area contributed by atoms with Crippen LogP contribution >= 0.6 is 0 Å². The molecule has 1 heterocycles. The molecule has 0 saturated heterocycles. The molecule has 0 aromatic heterocycles. The molecule has 2 nitrogen and oxygen atoms in total. The van der Waals surface area contributed by atoms with Crippen LogP contribution in [-0.2, 0) is 6.54 Å². The molecule has 2 aromatic carbocycles. The number of rotatable bonds is 4. The van der Waals surface area contributed by atoms with E-state index in [1.165, 1.54) is 17.2 Å². The summed E-state index contributed by atoms with van der Waals surface area (Å²) in [5.74, 6) is 0.255. The van der Waals surface area contributed by atoms with Gasteiger partial charge in [-0.3, -0.25) is 0 Å². The van der Waals surface area contributed by atoms with Gasteiger partial charge in [0.15, 0.2) is 0 Å².